The second kappa shape index (κ2) is 12.1. The summed E-state index contributed by atoms with van der Waals surface area (Å²) in [7, 11) is 0. The van der Waals surface area contributed by atoms with E-state index in [2.05, 4.69) is 15.5 Å². The number of piperidine rings is 1. The van der Waals surface area contributed by atoms with Crippen molar-refractivity contribution in [1.29, 1.82) is 0 Å². The molecule has 4 rings (SSSR count). The van der Waals surface area contributed by atoms with Gasteiger partial charge in [0.25, 0.3) is 0 Å². The van der Waals surface area contributed by atoms with Crippen LogP contribution in [0.5, 0.6) is 0 Å². The molecule has 0 saturated carbocycles. The van der Waals surface area contributed by atoms with Crippen molar-refractivity contribution in [1.82, 2.24) is 15.1 Å². The molecule has 0 atom stereocenters. The van der Waals surface area contributed by atoms with Crippen molar-refractivity contribution in [2.45, 2.75) is 38.1 Å². The fraction of sp³-hybridized carbons (Fsp3) is 0.464. The average Bonchev–Trinajstić information content (AvgIpc) is 2.92. The Balaban J connectivity index is 1.35. The van der Waals surface area contributed by atoms with Gasteiger partial charge in [-0.05, 0) is 36.1 Å². The lowest BCUT2D eigenvalue weighted by Gasteiger charge is -2.40. The molecule has 3 amide bonds. The molecule has 2 saturated heterocycles. The molecular formula is C28H36N4O4. The monoisotopic (exact) mass is 492 g/mol. The predicted molar refractivity (Wildman–Crippen MR) is 138 cm³/mol. The number of hydrogen-bond acceptors (Lipinski definition) is 5. The van der Waals surface area contributed by atoms with Crippen molar-refractivity contribution in [2.24, 2.45) is 0 Å². The summed E-state index contributed by atoms with van der Waals surface area (Å²) in [5.41, 5.74) is 1.95. The van der Waals surface area contributed by atoms with Crippen LogP contribution < -0.4 is 10.6 Å². The Kier molecular flexibility index (Phi) is 8.72. The molecule has 2 aromatic rings. The van der Waals surface area contributed by atoms with Gasteiger partial charge in [-0.2, -0.15) is 0 Å². The van der Waals surface area contributed by atoms with Crippen LogP contribution in [-0.2, 0) is 31.1 Å². The summed E-state index contributed by atoms with van der Waals surface area (Å²) in [5.74, 6) is -0.0133. The SMILES string of the molecule is CC(=O)N1CCC(C(=O)NCc2cccc(NC(=O)CCN3CCOCC3)c2)(c2ccccc2)CC1. The van der Waals surface area contributed by atoms with Crippen LogP contribution in [-0.4, -0.2) is 73.5 Å². The summed E-state index contributed by atoms with van der Waals surface area (Å²) in [5, 5.41) is 6.10. The first-order valence-corrected chi connectivity index (χ1v) is 12.7. The third kappa shape index (κ3) is 6.50. The number of benzene rings is 2. The van der Waals surface area contributed by atoms with E-state index in [0.29, 0.717) is 45.4 Å². The highest BCUT2D eigenvalue weighted by Gasteiger charge is 2.43. The molecule has 0 spiro atoms. The molecule has 8 heteroatoms. The zero-order chi connectivity index (χ0) is 25.4. The molecule has 0 radical (unpaired) electrons. The summed E-state index contributed by atoms with van der Waals surface area (Å²) in [6.45, 7) is 6.93. The van der Waals surface area contributed by atoms with Gasteiger partial charge in [-0.1, -0.05) is 42.5 Å². The molecule has 2 aliphatic rings. The maximum Gasteiger partial charge on any atom is 0.231 e. The van der Waals surface area contributed by atoms with Gasteiger partial charge >= 0.3 is 0 Å². The first-order valence-electron chi connectivity index (χ1n) is 12.7. The molecule has 36 heavy (non-hydrogen) atoms. The van der Waals surface area contributed by atoms with E-state index in [1.54, 1.807) is 11.8 Å². The third-order valence-electron chi connectivity index (χ3n) is 7.25. The number of hydrogen-bond donors (Lipinski definition) is 2. The fourth-order valence-corrected chi connectivity index (χ4v) is 5.03. The highest BCUT2D eigenvalue weighted by atomic mass is 16.5. The van der Waals surface area contributed by atoms with Gasteiger partial charge in [0.1, 0.15) is 0 Å². The highest BCUT2D eigenvalue weighted by molar-refractivity contribution is 5.91. The molecule has 8 nitrogen and oxygen atoms in total. The van der Waals surface area contributed by atoms with Gasteiger partial charge in [0.15, 0.2) is 0 Å². The minimum atomic E-state index is -0.668. The number of nitrogens with one attached hydrogen (secondary N) is 2. The molecule has 192 valence electrons. The molecular weight excluding hydrogens is 456 g/mol. The lowest BCUT2D eigenvalue weighted by atomic mass is 9.72. The molecule has 2 heterocycles. The van der Waals surface area contributed by atoms with E-state index < -0.39 is 5.41 Å². The number of likely N-dealkylation sites (tertiary alicyclic amines) is 1. The number of carbonyl (C=O) groups is 3. The maximum atomic E-state index is 13.6. The van der Waals surface area contributed by atoms with Crippen LogP contribution in [0.3, 0.4) is 0 Å². The minimum Gasteiger partial charge on any atom is -0.379 e. The second-order valence-corrected chi connectivity index (χ2v) is 9.59. The summed E-state index contributed by atoms with van der Waals surface area (Å²) >= 11 is 0. The number of nitrogens with zero attached hydrogens (tertiary/aromatic N) is 2. The van der Waals surface area contributed by atoms with Crippen LogP contribution in [0.15, 0.2) is 54.6 Å². The van der Waals surface area contributed by atoms with E-state index >= 15 is 0 Å². The number of carbonyl (C=O) groups excluding carboxylic acids is 3. The van der Waals surface area contributed by atoms with Crippen LogP contribution >= 0.6 is 0 Å². The summed E-state index contributed by atoms with van der Waals surface area (Å²) in [4.78, 5) is 41.9. The van der Waals surface area contributed by atoms with Crippen LogP contribution in [0.25, 0.3) is 0 Å². The summed E-state index contributed by atoms with van der Waals surface area (Å²) in [6, 6.07) is 17.4. The summed E-state index contributed by atoms with van der Waals surface area (Å²) < 4.78 is 5.35. The maximum absolute atomic E-state index is 13.6. The number of morpholine rings is 1. The number of rotatable bonds is 8. The Morgan fingerprint density at radius 1 is 0.944 bits per heavy atom. The molecule has 2 aliphatic heterocycles. The van der Waals surface area contributed by atoms with Crippen molar-refractivity contribution in [3.63, 3.8) is 0 Å². The Bertz CT molecular complexity index is 1040. The van der Waals surface area contributed by atoms with Gasteiger partial charge in [-0.25, -0.2) is 0 Å². The van der Waals surface area contributed by atoms with Crippen molar-refractivity contribution in [3.8, 4) is 0 Å². The van der Waals surface area contributed by atoms with Gasteiger partial charge in [0.2, 0.25) is 17.7 Å². The Labute approximate surface area is 213 Å². The van der Waals surface area contributed by atoms with E-state index in [9.17, 15) is 14.4 Å². The predicted octanol–water partition coefficient (Wildman–Crippen LogP) is 2.54. The largest absolute Gasteiger partial charge is 0.379 e. The number of anilines is 1. The minimum absolute atomic E-state index is 0.0251. The molecule has 0 bridgehead atoms. The summed E-state index contributed by atoms with van der Waals surface area (Å²) in [6.07, 6.45) is 1.60. The fourth-order valence-electron chi connectivity index (χ4n) is 5.03. The lowest BCUT2D eigenvalue weighted by Crippen LogP contribution is -2.52. The Morgan fingerprint density at radius 3 is 2.36 bits per heavy atom. The zero-order valence-electron chi connectivity index (χ0n) is 21.0. The number of ether oxygens (including phenoxy) is 1. The van der Waals surface area contributed by atoms with Gasteiger partial charge < -0.3 is 20.3 Å². The number of amides is 3. The molecule has 0 unspecified atom stereocenters. The average molecular weight is 493 g/mol. The van der Waals surface area contributed by atoms with Gasteiger partial charge in [0, 0.05) is 58.3 Å². The first-order chi connectivity index (χ1) is 17.5. The van der Waals surface area contributed by atoms with E-state index in [-0.39, 0.29) is 17.7 Å². The standard InChI is InChI=1S/C28H36N4O4/c1-22(33)32-14-11-28(12-15-32,24-7-3-2-4-8-24)27(35)29-21-23-6-5-9-25(20-23)30-26(34)10-13-31-16-18-36-19-17-31/h2-9,20H,10-19,21H2,1H3,(H,29,35)(H,30,34). The van der Waals surface area contributed by atoms with Crippen LogP contribution in [0.2, 0.25) is 0 Å². The van der Waals surface area contributed by atoms with E-state index in [1.165, 1.54) is 0 Å². The quantitative estimate of drug-likeness (QED) is 0.591. The molecule has 0 aliphatic carbocycles. The first kappa shape index (κ1) is 25.9. The van der Waals surface area contributed by atoms with Gasteiger partial charge in [0.05, 0.1) is 18.6 Å². The van der Waals surface area contributed by atoms with Crippen molar-refractivity contribution < 1.29 is 19.1 Å². The topological polar surface area (TPSA) is 91.0 Å². The third-order valence-corrected chi connectivity index (χ3v) is 7.25. The van der Waals surface area contributed by atoms with Crippen LogP contribution in [0.1, 0.15) is 37.3 Å². The van der Waals surface area contributed by atoms with E-state index in [4.69, 9.17) is 4.74 Å². The second-order valence-electron chi connectivity index (χ2n) is 9.59. The van der Waals surface area contributed by atoms with E-state index in [1.807, 2.05) is 54.6 Å². The smallest absolute Gasteiger partial charge is 0.231 e. The Morgan fingerprint density at radius 2 is 1.67 bits per heavy atom. The molecule has 0 aromatic heterocycles. The zero-order valence-corrected chi connectivity index (χ0v) is 21.0. The van der Waals surface area contributed by atoms with Gasteiger partial charge in [-0.15, -0.1) is 0 Å². The normalized spacial score (nSPS) is 17.9. The highest BCUT2D eigenvalue weighted by Crippen LogP contribution is 2.36. The Hall–Kier alpha value is -3.23. The van der Waals surface area contributed by atoms with Crippen molar-refractivity contribution in [3.05, 3.63) is 65.7 Å². The molecule has 2 N–H and O–H groups in total. The molecule has 2 aromatic carbocycles. The molecule has 2 fully saturated rings. The van der Waals surface area contributed by atoms with Crippen molar-refractivity contribution in [2.75, 3.05) is 51.3 Å². The van der Waals surface area contributed by atoms with Gasteiger partial charge in [-0.3, -0.25) is 19.3 Å². The van der Waals surface area contributed by atoms with Crippen molar-refractivity contribution >= 4 is 23.4 Å². The van der Waals surface area contributed by atoms with Crippen LogP contribution in [0, 0.1) is 0 Å². The lowest BCUT2D eigenvalue weighted by molar-refractivity contribution is -0.135. The van der Waals surface area contributed by atoms with Crippen LogP contribution in [0.4, 0.5) is 5.69 Å². The van der Waals surface area contributed by atoms with E-state index in [0.717, 1.165) is 43.1 Å².